The highest BCUT2D eigenvalue weighted by Crippen LogP contribution is 2.31. The largest absolute Gasteiger partial charge is 0.368 e. The van der Waals surface area contributed by atoms with Crippen molar-refractivity contribution >= 4 is 17.3 Å². The van der Waals surface area contributed by atoms with E-state index in [9.17, 15) is 4.79 Å². The Morgan fingerprint density at radius 1 is 1.14 bits per heavy atom. The molecule has 3 heteroatoms. The average molecular weight is 280 g/mol. The number of nitrogens with zero attached hydrogens (tertiary/aromatic N) is 1. The van der Waals surface area contributed by atoms with E-state index in [0.717, 1.165) is 18.7 Å². The number of amides is 1. The van der Waals surface area contributed by atoms with Crippen molar-refractivity contribution in [3.05, 3.63) is 60.2 Å². The molecular formula is C18H20N2O. The first-order valence-corrected chi connectivity index (χ1v) is 7.43. The summed E-state index contributed by atoms with van der Waals surface area (Å²) in [6.07, 6.45) is 1.57. The number of nitrogens with one attached hydrogen (secondary N) is 1. The highest BCUT2D eigenvalue weighted by molar-refractivity contribution is 5.91. The van der Waals surface area contributed by atoms with Gasteiger partial charge in [0.1, 0.15) is 0 Å². The number of anilines is 2. The molecule has 0 saturated carbocycles. The summed E-state index contributed by atoms with van der Waals surface area (Å²) < 4.78 is 0. The number of fused-ring (bicyclic) bond motifs is 1. The third-order valence-electron chi connectivity index (χ3n) is 3.99. The van der Waals surface area contributed by atoms with Crippen molar-refractivity contribution in [1.29, 1.82) is 0 Å². The third kappa shape index (κ3) is 3.07. The number of carbonyl (C=O) groups excluding carboxylic acids is 1. The minimum Gasteiger partial charge on any atom is -0.368 e. The van der Waals surface area contributed by atoms with E-state index in [1.807, 2.05) is 30.3 Å². The van der Waals surface area contributed by atoms with Gasteiger partial charge < -0.3 is 10.2 Å². The molecule has 0 aromatic heterocycles. The van der Waals surface area contributed by atoms with Crippen LogP contribution in [0, 0.1) is 0 Å². The second-order valence-corrected chi connectivity index (χ2v) is 5.54. The summed E-state index contributed by atoms with van der Waals surface area (Å²) in [6, 6.07) is 18.5. The van der Waals surface area contributed by atoms with Gasteiger partial charge in [0.15, 0.2) is 0 Å². The lowest BCUT2D eigenvalue weighted by Gasteiger charge is -2.24. The molecule has 3 nitrogen and oxygen atoms in total. The second kappa shape index (κ2) is 6.00. The maximum absolute atomic E-state index is 12.1. The third-order valence-corrected chi connectivity index (χ3v) is 3.99. The van der Waals surface area contributed by atoms with Crippen molar-refractivity contribution in [3.8, 4) is 0 Å². The van der Waals surface area contributed by atoms with Crippen LogP contribution in [0.3, 0.4) is 0 Å². The molecule has 21 heavy (non-hydrogen) atoms. The molecule has 108 valence electrons. The van der Waals surface area contributed by atoms with Crippen LogP contribution in [0.15, 0.2) is 54.6 Å². The summed E-state index contributed by atoms with van der Waals surface area (Å²) in [5, 5.41) is 2.94. The normalized spacial score (nSPS) is 16.6. The van der Waals surface area contributed by atoms with Crippen molar-refractivity contribution in [1.82, 2.24) is 0 Å². The number of carbonyl (C=O) groups is 1. The molecule has 0 spiro atoms. The number of hydrogen-bond acceptors (Lipinski definition) is 2. The summed E-state index contributed by atoms with van der Waals surface area (Å²) >= 11 is 0. The average Bonchev–Trinajstić information content (AvgIpc) is 2.81. The van der Waals surface area contributed by atoms with Gasteiger partial charge in [0, 0.05) is 30.4 Å². The van der Waals surface area contributed by atoms with E-state index in [2.05, 4.69) is 41.4 Å². The molecule has 2 aromatic rings. The summed E-state index contributed by atoms with van der Waals surface area (Å²) in [5.74, 6) is 0.0674. The molecule has 0 fully saturated rings. The Hall–Kier alpha value is -2.29. The summed E-state index contributed by atoms with van der Waals surface area (Å²) in [6.45, 7) is 2.98. The molecule has 0 bridgehead atoms. The highest BCUT2D eigenvalue weighted by atomic mass is 16.1. The van der Waals surface area contributed by atoms with Crippen LogP contribution in [0.4, 0.5) is 11.4 Å². The quantitative estimate of drug-likeness (QED) is 0.930. The van der Waals surface area contributed by atoms with E-state index in [4.69, 9.17) is 0 Å². The van der Waals surface area contributed by atoms with Crippen molar-refractivity contribution < 1.29 is 4.79 Å². The van der Waals surface area contributed by atoms with Crippen LogP contribution in [0.25, 0.3) is 0 Å². The van der Waals surface area contributed by atoms with Gasteiger partial charge in [-0.3, -0.25) is 4.79 Å². The van der Waals surface area contributed by atoms with Crippen LogP contribution in [0.5, 0.6) is 0 Å². The Labute approximate surface area is 125 Å². The monoisotopic (exact) mass is 280 g/mol. The molecule has 1 N–H and O–H groups in total. The minimum atomic E-state index is 0.0674. The molecule has 1 atom stereocenters. The van der Waals surface area contributed by atoms with Crippen LogP contribution >= 0.6 is 0 Å². The zero-order valence-corrected chi connectivity index (χ0v) is 12.3. The molecule has 1 heterocycles. The van der Waals surface area contributed by atoms with Gasteiger partial charge in [-0.15, -0.1) is 0 Å². The maximum Gasteiger partial charge on any atom is 0.226 e. The molecule has 1 aliphatic heterocycles. The first kappa shape index (κ1) is 13.7. The lowest BCUT2D eigenvalue weighted by molar-refractivity contribution is -0.116. The molecule has 1 unspecified atom stereocenters. The van der Waals surface area contributed by atoms with E-state index in [1.165, 1.54) is 11.3 Å². The lowest BCUT2D eigenvalue weighted by atomic mass is 10.1. The van der Waals surface area contributed by atoms with Gasteiger partial charge in [-0.2, -0.15) is 0 Å². The molecule has 0 saturated heterocycles. The standard InChI is InChI=1S/C18H20N2O/c1-14-13-15-7-5-6-10-17(15)20(14)12-11-18(21)19-16-8-3-2-4-9-16/h2-10,14H,11-13H2,1H3,(H,19,21). The first-order valence-electron chi connectivity index (χ1n) is 7.43. The van der Waals surface area contributed by atoms with Gasteiger partial charge in [-0.25, -0.2) is 0 Å². The highest BCUT2D eigenvalue weighted by Gasteiger charge is 2.25. The van der Waals surface area contributed by atoms with Crippen LogP contribution < -0.4 is 10.2 Å². The Kier molecular flexibility index (Phi) is 3.91. The van der Waals surface area contributed by atoms with Crippen molar-refractivity contribution in [2.24, 2.45) is 0 Å². The maximum atomic E-state index is 12.1. The van der Waals surface area contributed by atoms with Gasteiger partial charge in [-0.05, 0) is 37.1 Å². The fraction of sp³-hybridized carbons (Fsp3) is 0.278. The van der Waals surface area contributed by atoms with Crippen molar-refractivity contribution in [3.63, 3.8) is 0 Å². The number of benzene rings is 2. The summed E-state index contributed by atoms with van der Waals surface area (Å²) in [4.78, 5) is 14.4. The SMILES string of the molecule is CC1Cc2ccccc2N1CCC(=O)Nc1ccccc1. The summed E-state index contributed by atoms with van der Waals surface area (Å²) in [7, 11) is 0. The van der Waals surface area contributed by atoms with Gasteiger partial charge in [-0.1, -0.05) is 36.4 Å². The fourth-order valence-electron chi connectivity index (χ4n) is 2.94. The molecule has 0 radical (unpaired) electrons. The van der Waals surface area contributed by atoms with Crippen molar-refractivity contribution in [2.75, 3.05) is 16.8 Å². The smallest absolute Gasteiger partial charge is 0.226 e. The van der Waals surface area contributed by atoms with E-state index in [1.54, 1.807) is 0 Å². The number of para-hydroxylation sites is 2. The molecular weight excluding hydrogens is 260 g/mol. The fourth-order valence-corrected chi connectivity index (χ4v) is 2.94. The van der Waals surface area contributed by atoms with Gasteiger partial charge >= 0.3 is 0 Å². The first-order chi connectivity index (χ1) is 10.2. The van der Waals surface area contributed by atoms with Crippen LogP contribution in [-0.4, -0.2) is 18.5 Å². The zero-order valence-electron chi connectivity index (χ0n) is 12.3. The minimum absolute atomic E-state index is 0.0674. The van der Waals surface area contributed by atoms with E-state index in [0.29, 0.717) is 12.5 Å². The van der Waals surface area contributed by atoms with E-state index >= 15 is 0 Å². The number of rotatable bonds is 4. The van der Waals surface area contributed by atoms with E-state index < -0.39 is 0 Å². The van der Waals surface area contributed by atoms with Crippen molar-refractivity contribution in [2.45, 2.75) is 25.8 Å². The Morgan fingerprint density at radius 3 is 2.67 bits per heavy atom. The Balaban J connectivity index is 1.59. The Morgan fingerprint density at radius 2 is 1.86 bits per heavy atom. The molecule has 2 aromatic carbocycles. The lowest BCUT2D eigenvalue weighted by Crippen LogP contribution is -2.32. The molecule has 3 rings (SSSR count). The van der Waals surface area contributed by atoms with Gasteiger partial charge in [0.2, 0.25) is 5.91 Å². The topological polar surface area (TPSA) is 32.3 Å². The van der Waals surface area contributed by atoms with E-state index in [-0.39, 0.29) is 5.91 Å². The predicted octanol–water partition coefficient (Wildman–Crippen LogP) is 3.47. The van der Waals surface area contributed by atoms with Crippen LogP contribution in [0.1, 0.15) is 18.9 Å². The zero-order chi connectivity index (χ0) is 14.7. The Bertz CT molecular complexity index is 624. The van der Waals surface area contributed by atoms with Crippen LogP contribution in [-0.2, 0) is 11.2 Å². The molecule has 1 amide bonds. The second-order valence-electron chi connectivity index (χ2n) is 5.54. The number of hydrogen-bond donors (Lipinski definition) is 1. The molecule has 1 aliphatic rings. The molecule has 0 aliphatic carbocycles. The summed E-state index contributed by atoms with van der Waals surface area (Å²) in [5.41, 5.74) is 3.52. The van der Waals surface area contributed by atoms with Crippen LogP contribution in [0.2, 0.25) is 0 Å². The van der Waals surface area contributed by atoms with Gasteiger partial charge in [0.25, 0.3) is 0 Å². The van der Waals surface area contributed by atoms with Gasteiger partial charge in [0.05, 0.1) is 0 Å². The predicted molar refractivity (Wildman–Crippen MR) is 86.6 cm³/mol.